The largest absolute Gasteiger partial charge is 0.298 e. The molecule has 1 heterocycles. The van der Waals surface area contributed by atoms with Crippen molar-refractivity contribution in [3.8, 4) is 11.3 Å². The molecule has 1 fully saturated rings. The predicted octanol–water partition coefficient (Wildman–Crippen LogP) is 4.09. The van der Waals surface area contributed by atoms with Crippen LogP contribution in [0.5, 0.6) is 0 Å². The molecular formula is C17H20N2O. The van der Waals surface area contributed by atoms with Gasteiger partial charge in [-0.25, -0.2) is 0 Å². The predicted molar refractivity (Wildman–Crippen MR) is 80.0 cm³/mol. The first-order valence-corrected chi connectivity index (χ1v) is 7.30. The smallest absolute Gasteiger partial charge is 0.153 e. The highest BCUT2D eigenvalue weighted by Crippen LogP contribution is 2.31. The highest BCUT2D eigenvalue weighted by Gasteiger charge is 2.20. The quantitative estimate of drug-likeness (QED) is 0.786. The van der Waals surface area contributed by atoms with E-state index in [2.05, 4.69) is 32.0 Å². The number of hydrogen-bond donors (Lipinski definition) is 0. The van der Waals surface area contributed by atoms with E-state index in [1.54, 1.807) is 0 Å². The van der Waals surface area contributed by atoms with Crippen LogP contribution in [0.1, 0.15) is 53.2 Å². The average Bonchev–Trinajstić information content (AvgIpc) is 3.06. The molecule has 3 heteroatoms. The summed E-state index contributed by atoms with van der Waals surface area (Å²) in [6.45, 7) is 4.15. The molecule has 1 saturated carbocycles. The summed E-state index contributed by atoms with van der Waals surface area (Å²) in [4.78, 5) is 11.3. The molecule has 0 spiro atoms. The average molecular weight is 268 g/mol. The fraction of sp³-hybridized carbons (Fsp3) is 0.412. The maximum absolute atomic E-state index is 11.3. The van der Waals surface area contributed by atoms with Gasteiger partial charge < -0.3 is 0 Å². The van der Waals surface area contributed by atoms with E-state index in [-0.39, 0.29) is 0 Å². The van der Waals surface area contributed by atoms with E-state index in [1.807, 2.05) is 10.9 Å². The maximum atomic E-state index is 11.3. The third-order valence-electron chi connectivity index (χ3n) is 4.08. The molecule has 1 aliphatic carbocycles. The van der Waals surface area contributed by atoms with Crippen molar-refractivity contribution >= 4 is 6.29 Å². The summed E-state index contributed by atoms with van der Waals surface area (Å²) >= 11 is 0. The van der Waals surface area contributed by atoms with Crippen LogP contribution in [-0.4, -0.2) is 16.1 Å². The SMILES string of the molecule is Cc1cc(C)cc(-c2nn(C3CCCC3)cc2C=O)c1. The van der Waals surface area contributed by atoms with Gasteiger partial charge in [-0.05, 0) is 38.8 Å². The summed E-state index contributed by atoms with van der Waals surface area (Å²) in [6, 6.07) is 6.80. The molecule has 1 aromatic carbocycles. The number of aryl methyl sites for hydroxylation is 2. The molecule has 3 nitrogen and oxygen atoms in total. The number of rotatable bonds is 3. The number of carbonyl (C=O) groups excluding carboxylic acids is 1. The lowest BCUT2D eigenvalue weighted by molar-refractivity contribution is 0.112. The molecule has 104 valence electrons. The fourth-order valence-corrected chi connectivity index (χ4v) is 3.18. The maximum Gasteiger partial charge on any atom is 0.153 e. The second kappa shape index (κ2) is 5.23. The molecule has 0 radical (unpaired) electrons. The van der Waals surface area contributed by atoms with Gasteiger partial charge in [-0.1, -0.05) is 30.0 Å². The van der Waals surface area contributed by atoms with Gasteiger partial charge in [0.15, 0.2) is 6.29 Å². The van der Waals surface area contributed by atoms with E-state index < -0.39 is 0 Å². The van der Waals surface area contributed by atoms with Crippen LogP contribution in [0.2, 0.25) is 0 Å². The molecule has 0 bridgehead atoms. The molecule has 0 aliphatic heterocycles. The van der Waals surface area contributed by atoms with Crippen molar-refractivity contribution in [1.82, 2.24) is 9.78 Å². The molecule has 0 amide bonds. The van der Waals surface area contributed by atoms with E-state index >= 15 is 0 Å². The first kappa shape index (κ1) is 13.1. The van der Waals surface area contributed by atoms with Gasteiger partial charge in [0.2, 0.25) is 0 Å². The van der Waals surface area contributed by atoms with Crippen LogP contribution in [-0.2, 0) is 0 Å². The Morgan fingerprint density at radius 1 is 1.15 bits per heavy atom. The number of hydrogen-bond acceptors (Lipinski definition) is 2. The summed E-state index contributed by atoms with van der Waals surface area (Å²) < 4.78 is 2.00. The highest BCUT2D eigenvalue weighted by molar-refractivity contribution is 5.85. The Morgan fingerprint density at radius 2 is 1.80 bits per heavy atom. The molecule has 0 unspecified atom stereocenters. The lowest BCUT2D eigenvalue weighted by Gasteiger charge is -2.09. The van der Waals surface area contributed by atoms with Gasteiger partial charge in [0.05, 0.1) is 11.6 Å². The number of aromatic nitrogens is 2. The number of benzene rings is 1. The molecule has 3 rings (SSSR count). The van der Waals surface area contributed by atoms with Crippen LogP contribution in [0.25, 0.3) is 11.3 Å². The van der Waals surface area contributed by atoms with Gasteiger partial charge in [-0.15, -0.1) is 0 Å². The third-order valence-corrected chi connectivity index (χ3v) is 4.08. The van der Waals surface area contributed by atoms with E-state index in [1.165, 1.54) is 36.8 Å². The van der Waals surface area contributed by atoms with E-state index in [0.29, 0.717) is 11.6 Å². The monoisotopic (exact) mass is 268 g/mol. The van der Waals surface area contributed by atoms with Gasteiger partial charge in [0.25, 0.3) is 0 Å². The van der Waals surface area contributed by atoms with Crippen LogP contribution in [0, 0.1) is 13.8 Å². The Balaban J connectivity index is 2.05. The summed E-state index contributed by atoms with van der Waals surface area (Å²) in [5.41, 5.74) is 4.96. The van der Waals surface area contributed by atoms with Crippen molar-refractivity contribution in [3.63, 3.8) is 0 Å². The van der Waals surface area contributed by atoms with Crippen LogP contribution >= 0.6 is 0 Å². The van der Waals surface area contributed by atoms with Crippen LogP contribution in [0.4, 0.5) is 0 Å². The first-order chi connectivity index (χ1) is 9.67. The molecule has 1 aliphatic rings. The van der Waals surface area contributed by atoms with Gasteiger partial charge in [-0.3, -0.25) is 9.48 Å². The Bertz CT molecular complexity index is 616. The molecule has 2 aromatic rings. The minimum absolute atomic E-state index is 0.466. The topological polar surface area (TPSA) is 34.9 Å². The number of carbonyl (C=O) groups is 1. The number of aldehydes is 1. The Kier molecular flexibility index (Phi) is 3.43. The zero-order chi connectivity index (χ0) is 14.1. The first-order valence-electron chi connectivity index (χ1n) is 7.30. The normalized spacial score (nSPS) is 15.7. The van der Waals surface area contributed by atoms with Crippen molar-refractivity contribution < 1.29 is 4.79 Å². The van der Waals surface area contributed by atoms with Gasteiger partial charge in [0, 0.05) is 11.8 Å². The summed E-state index contributed by atoms with van der Waals surface area (Å²) in [6.07, 6.45) is 7.71. The lowest BCUT2D eigenvalue weighted by Crippen LogP contribution is -2.04. The summed E-state index contributed by atoms with van der Waals surface area (Å²) in [7, 11) is 0. The Labute approximate surface area is 119 Å². The zero-order valence-electron chi connectivity index (χ0n) is 12.1. The van der Waals surface area contributed by atoms with Crippen molar-refractivity contribution in [2.24, 2.45) is 0 Å². The van der Waals surface area contributed by atoms with Crippen molar-refractivity contribution in [3.05, 3.63) is 41.1 Å². The minimum atomic E-state index is 0.466. The van der Waals surface area contributed by atoms with Gasteiger partial charge in [0.1, 0.15) is 5.69 Å². The van der Waals surface area contributed by atoms with Crippen molar-refractivity contribution in [1.29, 1.82) is 0 Å². The highest BCUT2D eigenvalue weighted by atomic mass is 16.1. The minimum Gasteiger partial charge on any atom is -0.298 e. The van der Waals surface area contributed by atoms with E-state index in [4.69, 9.17) is 5.10 Å². The van der Waals surface area contributed by atoms with E-state index in [0.717, 1.165) is 17.5 Å². The van der Waals surface area contributed by atoms with Gasteiger partial charge >= 0.3 is 0 Å². The fourth-order valence-electron chi connectivity index (χ4n) is 3.18. The second-order valence-electron chi connectivity index (χ2n) is 5.85. The molecule has 1 aromatic heterocycles. The molecule has 0 atom stereocenters. The van der Waals surface area contributed by atoms with Gasteiger partial charge in [-0.2, -0.15) is 5.10 Å². The molecule has 0 N–H and O–H groups in total. The lowest BCUT2D eigenvalue weighted by atomic mass is 10.0. The Morgan fingerprint density at radius 3 is 2.40 bits per heavy atom. The molecule has 0 saturated heterocycles. The number of nitrogens with zero attached hydrogens (tertiary/aromatic N) is 2. The Hall–Kier alpha value is -1.90. The molecule has 20 heavy (non-hydrogen) atoms. The zero-order valence-corrected chi connectivity index (χ0v) is 12.1. The molecular weight excluding hydrogens is 248 g/mol. The van der Waals surface area contributed by atoms with E-state index in [9.17, 15) is 4.79 Å². The third kappa shape index (κ3) is 2.40. The van der Waals surface area contributed by atoms with Crippen molar-refractivity contribution in [2.75, 3.05) is 0 Å². The van der Waals surface area contributed by atoms with Crippen LogP contribution in [0.15, 0.2) is 24.4 Å². The van der Waals surface area contributed by atoms with Crippen molar-refractivity contribution in [2.45, 2.75) is 45.6 Å². The van der Waals surface area contributed by atoms with Crippen LogP contribution < -0.4 is 0 Å². The second-order valence-corrected chi connectivity index (χ2v) is 5.85. The summed E-state index contributed by atoms with van der Waals surface area (Å²) in [5, 5.41) is 4.70. The standard InChI is InChI=1S/C17H20N2O/c1-12-7-13(2)9-14(8-12)17-15(11-20)10-19(18-17)16-5-3-4-6-16/h7-11,16H,3-6H2,1-2H3. The van der Waals surface area contributed by atoms with Crippen LogP contribution in [0.3, 0.4) is 0 Å². The summed E-state index contributed by atoms with van der Waals surface area (Å²) in [5.74, 6) is 0.